The molecule has 3 aliphatic rings. The smallest absolute Gasteiger partial charge is 0.276 e. The van der Waals surface area contributed by atoms with Gasteiger partial charge in [0.1, 0.15) is 5.75 Å². The normalized spacial score (nSPS) is 27.2. The fourth-order valence-electron chi connectivity index (χ4n) is 3.96. The third-order valence-corrected chi connectivity index (χ3v) is 6.28. The number of carbonyl (C=O) groups excluding carboxylic acids is 1. The van der Waals surface area contributed by atoms with Crippen molar-refractivity contribution in [2.45, 2.75) is 31.8 Å². The third kappa shape index (κ3) is 3.41. The predicted octanol–water partition coefficient (Wildman–Crippen LogP) is 3.16. The lowest BCUT2D eigenvalue weighted by atomic mass is 9.79. The minimum atomic E-state index is -0.0124. The van der Waals surface area contributed by atoms with Crippen molar-refractivity contribution in [3.63, 3.8) is 0 Å². The van der Waals surface area contributed by atoms with E-state index in [2.05, 4.69) is 22.1 Å². The van der Waals surface area contributed by atoms with Gasteiger partial charge < -0.3 is 14.8 Å². The van der Waals surface area contributed by atoms with Crippen molar-refractivity contribution in [2.24, 2.45) is 5.92 Å². The van der Waals surface area contributed by atoms with Crippen LogP contribution in [0.5, 0.6) is 16.0 Å². The zero-order valence-corrected chi connectivity index (χ0v) is 15.8. The number of benzene rings is 1. The van der Waals surface area contributed by atoms with Gasteiger partial charge in [-0.25, -0.2) is 4.98 Å². The fourth-order valence-corrected chi connectivity index (χ4v) is 4.56. The molecule has 1 aromatic carbocycles. The molecule has 3 saturated heterocycles. The Bertz CT molecular complexity index is 767. The zero-order valence-electron chi connectivity index (χ0n) is 15.0. The van der Waals surface area contributed by atoms with Gasteiger partial charge in [0.05, 0.1) is 13.3 Å². The molecule has 2 bridgehead atoms. The summed E-state index contributed by atoms with van der Waals surface area (Å²) >= 11 is 1.33. The molecule has 0 radical (unpaired) electrons. The highest BCUT2D eigenvalue weighted by Crippen LogP contribution is 2.33. The molecule has 1 N–H and O–H groups in total. The lowest BCUT2D eigenvalue weighted by molar-refractivity contribution is 0.0217. The van der Waals surface area contributed by atoms with Crippen LogP contribution in [-0.4, -0.2) is 48.1 Å². The number of hydrogen-bond donors (Lipinski definition) is 1. The average Bonchev–Trinajstić information content (AvgIpc) is 3.13. The Kier molecular flexibility index (Phi) is 4.82. The molecular formula is C19H23N3O3S. The number of piperidine rings is 3. The van der Waals surface area contributed by atoms with Gasteiger partial charge >= 0.3 is 0 Å². The average molecular weight is 373 g/mol. The lowest BCUT2D eigenvalue weighted by Crippen LogP contribution is -2.62. The molecule has 26 heavy (non-hydrogen) atoms. The largest absolute Gasteiger partial charge is 0.473 e. The Balaban J connectivity index is 1.39. The Morgan fingerprint density at radius 3 is 2.62 bits per heavy atom. The summed E-state index contributed by atoms with van der Waals surface area (Å²) in [5, 5.41) is 4.46. The highest BCUT2D eigenvalue weighted by atomic mass is 32.1. The van der Waals surface area contributed by atoms with Gasteiger partial charge in [0.25, 0.3) is 11.1 Å². The highest BCUT2D eigenvalue weighted by Gasteiger charge is 2.40. The quantitative estimate of drug-likeness (QED) is 0.872. The number of rotatable bonds is 5. The molecule has 6 nitrogen and oxygen atoms in total. The van der Waals surface area contributed by atoms with Crippen molar-refractivity contribution in [2.75, 3.05) is 20.2 Å². The van der Waals surface area contributed by atoms with Gasteiger partial charge in [-0.1, -0.05) is 0 Å². The summed E-state index contributed by atoms with van der Waals surface area (Å²) in [6.45, 7) is 4.54. The predicted molar refractivity (Wildman–Crippen MR) is 100 cm³/mol. The summed E-state index contributed by atoms with van der Waals surface area (Å²) < 4.78 is 10.8. The van der Waals surface area contributed by atoms with Crippen LogP contribution in [0.25, 0.3) is 0 Å². The molecule has 0 saturated carbocycles. The van der Waals surface area contributed by atoms with Crippen molar-refractivity contribution in [3.8, 4) is 16.0 Å². The van der Waals surface area contributed by atoms with Crippen LogP contribution in [0.2, 0.25) is 0 Å². The van der Waals surface area contributed by atoms with E-state index in [4.69, 9.17) is 9.47 Å². The van der Waals surface area contributed by atoms with Crippen molar-refractivity contribution in [1.82, 2.24) is 15.2 Å². The molecule has 1 aromatic heterocycles. The Labute approximate surface area is 157 Å². The first-order chi connectivity index (χ1) is 12.6. The maximum atomic E-state index is 12.7. The summed E-state index contributed by atoms with van der Waals surface area (Å²) in [5.74, 6) is 1.26. The van der Waals surface area contributed by atoms with Crippen LogP contribution in [0.15, 0.2) is 30.5 Å². The number of thiazole rings is 1. The number of ether oxygens (including phenoxy) is 2. The van der Waals surface area contributed by atoms with Gasteiger partial charge in [-0.15, -0.1) is 0 Å². The topological polar surface area (TPSA) is 63.7 Å². The van der Waals surface area contributed by atoms with E-state index >= 15 is 0 Å². The molecule has 2 atom stereocenters. The summed E-state index contributed by atoms with van der Waals surface area (Å²) in [6.07, 6.45) is 3.99. The van der Waals surface area contributed by atoms with Crippen LogP contribution in [0, 0.1) is 5.92 Å². The van der Waals surface area contributed by atoms with Crippen LogP contribution in [0.1, 0.15) is 30.1 Å². The zero-order chi connectivity index (χ0) is 18.1. The fraction of sp³-hybridized carbons (Fsp3) is 0.474. The number of hydrogen-bond acceptors (Lipinski definition) is 6. The second-order valence-corrected chi connectivity index (χ2v) is 7.84. The molecule has 2 unspecified atom stereocenters. The SMILES string of the molecule is COc1ncc(Oc2ccc(C(=O)NC3C4CCN(CC4)C3C)cc2)s1. The highest BCUT2D eigenvalue weighted by molar-refractivity contribution is 7.15. The second kappa shape index (κ2) is 7.25. The first-order valence-electron chi connectivity index (χ1n) is 8.96. The molecule has 3 fully saturated rings. The molecule has 3 aliphatic heterocycles. The monoisotopic (exact) mass is 373 g/mol. The van der Waals surface area contributed by atoms with Crippen molar-refractivity contribution >= 4 is 17.2 Å². The molecule has 0 aliphatic carbocycles. The summed E-state index contributed by atoms with van der Waals surface area (Å²) in [5.41, 5.74) is 0.655. The van der Waals surface area contributed by atoms with E-state index in [0.717, 1.165) is 13.1 Å². The van der Waals surface area contributed by atoms with Crippen LogP contribution in [-0.2, 0) is 0 Å². The van der Waals surface area contributed by atoms with Crippen LogP contribution >= 0.6 is 11.3 Å². The number of methoxy groups -OCH3 is 1. The van der Waals surface area contributed by atoms with E-state index in [-0.39, 0.29) is 11.9 Å². The molecule has 5 rings (SSSR count). The number of amides is 1. The third-order valence-electron chi connectivity index (χ3n) is 5.45. The number of nitrogens with zero attached hydrogens (tertiary/aromatic N) is 2. The van der Waals surface area contributed by atoms with E-state index in [9.17, 15) is 4.79 Å². The van der Waals surface area contributed by atoms with Crippen molar-refractivity contribution in [1.29, 1.82) is 0 Å². The number of fused-ring (bicyclic) bond motifs is 3. The molecule has 2 aromatic rings. The number of carbonyl (C=O) groups is 1. The lowest BCUT2D eigenvalue weighted by Gasteiger charge is -2.49. The summed E-state index contributed by atoms with van der Waals surface area (Å²) in [7, 11) is 1.58. The van der Waals surface area contributed by atoms with Gasteiger partial charge in [-0.3, -0.25) is 9.69 Å². The maximum Gasteiger partial charge on any atom is 0.276 e. The summed E-state index contributed by atoms with van der Waals surface area (Å²) in [6, 6.07) is 7.87. The van der Waals surface area contributed by atoms with Gasteiger partial charge in [0.15, 0.2) is 0 Å². The second-order valence-electron chi connectivity index (χ2n) is 6.89. The minimum absolute atomic E-state index is 0.0124. The van der Waals surface area contributed by atoms with E-state index in [0.29, 0.717) is 33.5 Å². The van der Waals surface area contributed by atoms with Crippen LogP contribution in [0.3, 0.4) is 0 Å². The molecule has 0 spiro atoms. The Morgan fingerprint density at radius 2 is 2.00 bits per heavy atom. The number of aromatic nitrogens is 1. The molecule has 138 valence electrons. The molecule has 7 heteroatoms. The van der Waals surface area contributed by atoms with Gasteiger partial charge in [-0.05, 0) is 74.4 Å². The van der Waals surface area contributed by atoms with E-state index in [1.807, 2.05) is 0 Å². The van der Waals surface area contributed by atoms with Crippen LogP contribution < -0.4 is 14.8 Å². The first kappa shape index (κ1) is 17.3. The van der Waals surface area contributed by atoms with E-state index in [1.54, 1.807) is 37.6 Å². The minimum Gasteiger partial charge on any atom is -0.473 e. The number of nitrogens with one attached hydrogen (secondary N) is 1. The first-order valence-corrected chi connectivity index (χ1v) is 9.78. The molecule has 4 heterocycles. The molecular weight excluding hydrogens is 350 g/mol. The van der Waals surface area contributed by atoms with E-state index < -0.39 is 0 Å². The van der Waals surface area contributed by atoms with Gasteiger partial charge in [0, 0.05) is 17.6 Å². The Hall–Kier alpha value is -2.12. The van der Waals surface area contributed by atoms with Gasteiger partial charge in [-0.2, -0.15) is 0 Å². The van der Waals surface area contributed by atoms with E-state index in [1.165, 1.54) is 24.2 Å². The van der Waals surface area contributed by atoms with Crippen molar-refractivity contribution < 1.29 is 14.3 Å². The van der Waals surface area contributed by atoms with Crippen molar-refractivity contribution in [3.05, 3.63) is 36.0 Å². The Morgan fingerprint density at radius 1 is 1.27 bits per heavy atom. The van der Waals surface area contributed by atoms with Gasteiger partial charge in [0.2, 0.25) is 5.06 Å². The van der Waals surface area contributed by atoms with Crippen LogP contribution in [0.4, 0.5) is 0 Å². The molecule has 1 amide bonds. The summed E-state index contributed by atoms with van der Waals surface area (Å²) in [4.78, 5) is 19.2. The standard InChI is InChI=1S/C19H23N3O3S/c1-12-17(13-7-9-22(12)10-8-13)21-18(23)14-3-5-15(6-4-14)25-16-11-20-19(24-2)26-16/h3-6,11-13,17H,7-10H2,1-2H3,(H,21,23). The maximum absolute atomic E-state index is 12.7.